The lowest BCUT2D eigenvalue weighted by Crippen LogP contribution is -2.36. The molecular formula is C21H21N3O3. The van der Waals surface area contributed by atoms with E-state index in [0.29, 0.717) is 5.56 Å². The van der Waals surface area contributed by atoms with Gasteiger partial charge in [0.2, 0.25) is 0 Å². The first-order valence-corrected chi connectivity index (χ1v) is 9.28. The smallest absolute Gasteiger partial charge is 0.317 e. The Balaban J connectivity index is 1.55. The quantitative estimate of drug-likeness (QED) is 0.658. The molecule has 4 rings (SSSR count). The van der Waals surface area contributed by atoms with Crippen LogP contribution in [0, 0.1) is 0 Å². The molecule has 1 aliphatic carbocycles. The highest BCUT2D eigenvalue weighted by atomic mass is 16.7. The number of oxime groups is 1. The van der Waals surface area contributed by atoms with Crippen LogP contribution in [-0.4, -0.2) is 23.8 Å². The number of nitrogens with one attached hydrogen (secondary N) is 1. The van der Waals surface area contributed by atoms with E-state index in [-0.39, 0.29) is 17.7 Å². The lowest BCUT2D eigenvalue weighted by molar-refractivity contribution is -0.111. The third-order valence-corrected chi connectivity index (χ3v) is 4.97. The van der Waals surface area contributed by atoms with Crippen LogP contribution < -0.4 is 10.2 Å². The fraction of sp³-hybridized carbons (Fsp3) is 0.286. The highest BCUT2D eigenvalue weighted by Crippen LogP contribution is 2.35. The van der Waals surface area contributed by atoms with Crippen LogP contribution in [0.4, 0.5) is 16.2 Å². The number of benzene rings is 2. The van der Waals surface area contributed by atoms with Crippen molar-refractivity contribution in [3.63, 3.8) is 0 Å². The molecule has 2 aromatic rings. The van der Waals surface area contributed by atoms with Crippen molar-refractivity contribution < 1.29 is 14.4 Å². The van der Waals surface area contributed by atoms with Crippen molar-refractivity contribution in [1.82, 2.24) is 5.32 Å². The molecule has 1 saturated carbocycles. The molecular weight excluding hydrogens is 342 g/mol. The number of para-hydroxylation sites is 2. The minimum atomic E-state index is -0.613. The van der Waals surface area contributed by atoms with Gasteiger partial charge in [0.25, 0.3) is 5.91 Å². The maximum Gasteiger partial charge on any atom is 0.433 e. The lowest BCUT2D eigenvalue weighted by atomic mass is 9.96. The van der Waals surface area contributed by atoms with Crippen molar-refractivity contribution in [2.45, 2.75) is 38.1 Å². The van der Waals surface area contributed by atoms with Gasteiger partial charge in [0, 0.05) is 17.3 Å². The van der Waals surface area contributed by atoms with Gasteiger partial charge in [0.05, 0.1) is 5.69 Å². The van der Waals surface area contributed by atoms with Crippen LogP contribution in [0.3, 0.4) is 0 Å². The van der Waals surface area contributed by atoms with Gasteiger partial charge >= 0.3 is 6.09 Å². The van der Waals surface area contributed by atoms with Crippen LogP contribution in [0.2, 0.25) is 0 Å². The molecule has 1 N–H and O–H groups in total. The first-order chi connectivity index (χ1) is 13.2. The number of carbonyl (C=O) groups is 2. The standard InChI is InChI=1S/C21H21N3O3/c25-20-19(23-27-21(26)22-15-9-3-1-4-10-15)17-13-7-8-14-18(17)24(20)16-11-5-2-6-12-16/h2,5-8,11-15H,1,3-4,9-10H2,(H,22,26)/b23-19+. The van der Waals surface area contributed by atoms with E-state index in [1.807, 2.05) is 48.5 Å². The molecule has 0 unspecified atom stereocenters. The molecule has 6 heteroatoms. The third kappa shape index (κ3) is 3.56. The maximum atomic E-state index is 12.9. The molecule has 0 saturated heterocycles. The average Bonchev–Trinajstić information content (AvgIpc) is 2.99. The Morgan fingerprint density at radius 3 is 2.48 bits per heavy atom. The Kier molecular flexibility index (Phi) is 4.87. The Morgan fingerprint density at radius 1 is 1.00 bits per heavy atom. The summed E-state index contributed by atoms with van der Waals surface area (Å²) >= 11 is 0. The zero-order valence-corrected chi connectivity index (χ0v) is 14.9. The largest absolute Gasteiger partial charge is 0.433 e. The Morgan fingerprint density at radius 2 is 1.70 bits per heavy atom. The summed E-state index contributed by atoms with van der Waals surface area (Å²) in [4.78, 5) is 31.6. The molecule has 2 aliphatic rings. The van der Waals surface area contributed by atoms with E-state index in [1.54, 1.807) is 11.0 Å². The zero-order valence-electron chi connectivity index (χ0n) is 14.9. The number of amides is 2. The van der Waals surface area contributed by atoms with Crippen LogP contribution in [0.25, 0.3) is 0 Å². The summed E-state index contributed by atoms with van der Waals surface area (Å²) in [5.41, 5.74) is 2.25. The van der Waals surface area contributed by atoms with Crippen LogP contribution in [0.15, 0.2) is 59.8 Å². The van der Waals surface area contributed by atoms with Gasteiger partial charge in [-0.3, -0.25) is 14.5 Å². The molecule has 0 atom stereocenters. The van der Waals surface area contributed by atoms with Gasteiger partial charge in [-0.15, -0.1) is 0 Å². The Labute approximate surface area is 157 Å². The number of rotatable bonds is 3. The van der Waals surface area contributed by atoms with E-state index < -0.39 is 6.09 Å². The normalized spacial score (nSPS) is 18.4. The van der Waals surface area contributed by atoms with Gasteiger partial charge in [0.1, 0.15) is 0 Å². The summed E-state index contributed by atoms with van der Waals surface area (Å²) in [6.07, 6.45) is 4.72. The summed E-state index contributed by atoms with van der Waals surface area (Å²) < 4.78 is 0. The van der Waals surface area contributed by atoms with Gasteiger partial charge in [-0.2, -0.15) is 0 Å². The molecule has 27 heavy (non-hydrogen) atoms. The summed E-state index contributed by atoms with van der Waals surface area (Å²) in [6.45, 7) is 0. The summed E-state index contributed by atoms with van der Waals surface area (Å²) in [5, 5.41) is 6.73. The van der Waals surface area contributed by atoms with Gasteiger partial charge < -0.3 is 5.32 Å². The predicted molar refractivity (Wildman–Crippen MR) is 103 cm³/mol. The first-order valence-electron chi connectivity index (χ1n) is 9.28. The van der Waals surface area contributed by atoms with E-state index in [9.17, 15) is 9.59 Å². The van der Waals surface area contributed by atoms with Crippen molar-refractivity contribution in [3.8, 4) is 0 Å². The minimum absolute atomic E-state index is 0.124. The van der Waals surface area contributed by atoms with Crippen LogP contribution in [0.5, 0.6) is 0 Å². The zero-order chi connectivity index (χ0) is 18.6. The molecule has 0 aromatic heterocycles. The number of fused-ring (bicyclic) bond motifs is 1. The van der Waals surface area contributed by atoms with E-state index in [1.165, 1.54) is 6.42 Å². The van der Waals surface area contributed by atoms with Gasteiger partial charge in [-0.05, 0) is 31.0 Å². The second-order valence-corrected chi connectivity index (χ2v) is 6.79. The SMILES string of the molecule is O=C(NC1CCCCC1)O/N=C1/C(=O)N(c2ccccc2)c2ccccc21. The van der Waals surface area contributed by atoms with E-state index >= 15 is 0 Å². The van der Waals surface area contributed by atoms with Crippen LogP contribution in [0.1, 0.15) is 37.7 Å². The number of hydrogen-bond donors (Lipinski definition) is 1. The predicted octanol–water partition coefficient (Wildman–Crippen LogP) is 4.13. The Bertz CT molecular complexity index is 873. The van der Waals surface area contributed by atoms with Crippen molar-refractivity contribution in [1.29, 1.82) is 0 Å². The monoisotopic (exact) mass is 363 g/mol. The lowest BCUT2D eigenvalue weighted by Gasteiger charge is -2.21. The van der Waals surface area contributed by atoms with E-state index in [0.717, 1.165) is 37.1 Å². The van der Waals surface area contributed by atoms with Crippen molar-refractivity contribution in [2.75, 3.05) is 4.90 Å². The first kappa shape index (κ1) is 17.3. The summed E-state index contributed by atoms with van der Waals surface area (Å²) in [6, 6.07) is 16.8. The molecule has 0 bridgehead atoms. The number of nitrogens with zero attached hydrogens (tertiary/aromatic N) is 2. The molecule has 1 heterocycles. The van der Waals surface area contributed by atoms with Gasteiger partial charge in [-0.25, -0.2) is 4.79 Å². The summed E-state index contributed by atoms with van der Waals surface area (Å²) in [5.74, 6) is -0.312. The second-order valence-electron chi connectivity index (χ2n) is 6.79. The van der Waals surface area contributed by atoms with E-state index in [4.69, 9.17) is 4.84 Å². The molecule has 138 valence electrons. The molecule has 2 amide bonds. The topological polar surface area (TPSA) is 71.0 Å². The highest BCUT2D eigenvalue weighted by Gasteiger charge is 2.35. The van der Waals surface area contributed by atoms with Crippen LogP contribution in [-0.2, 0) is 9.63 Å². The van der Waals surface area contributed by atoms with Crippen molar-refractivity contribution in [3.05, 3.63) is 60.2 Å². The second kappa shape index (κ2) is 7.61. The van der Waals surface area contributed by atoms with Gasteiger partial charge in [0.15, 0.2) is 5.71 Å². The third-order valence-electron chi connectivity index (χ3n) is 4.97. The fourth-order valence-corrected chi connectivity index (χ4v) is 3.65. The van der Waals surface area contributed by atoms with Crippen molar-refractivity contribution in [2.24, 2.45) is 5.16 Å². The number of anilines is 2. The maximum absolute atomic E-state index is 12.9. The summed E-state index contributed by atoms with van der Waals surface area (Å²) in [7, 11) is 0. The number of carbonyl (C=O) groups excluding carboxylic acids is 2. The molecule has 2 aromatic carbocycles. The molecule has 0 spiro atoms. The molecule has 0 radical (unpaired) electrons. The van der Waals surface area contributed by atoms with Gasteiger partial charge in [-0.1, -0.05) is 60.8 Å². The molecule has 6 nitrogen and oxygen atoms in total. The molecule has 1 fully saturated rings. The fourth-order valence-electron chi connectivity index (χ4n) is 3.65. The van der Waals surface area contributed by atoms with Crippen LogP contribution >= 0.6 is 0 Å². The number of hydrogen-bond acceptors (Lipinski definition) is 4. The van der Waals surface area contributed by atoms with E-state index in [2.05, 4.69) is 10.5 Å². The average molecular weight is 363 g/mol. The molecule has 1 aliphatic heterocycles. The minimum Gasteiger partial charge on any atom is -0.317 e. The van der Waals surface area contributed by atoms with Crippen molar-refractivity contribution >= 4 is 29.1 Å². The highest BCUT2D eigenvalue weighted by molar-refractivity contribution is 6.55. The Hall–Kier alpha value is -3.15.